The Bertz CT molecular complexity index is 808. The Morgan fingerprint density at radius 3 is 2.60 bits per heavy atom. The fraction of sp³-hybridized carbons (Fsp3) is 0.444. The molecule has 0 saturated carbocycles. The number of rotatable bonds is 2. The average Bonchev–Trinajstić information content (AvgIpc) is 3.15. The zero-order valence-electron chi connectivity index (χ0n) is 14.0. The zero-order valence-corrected chi connectivity index (χ0v) is 14.8. The molecule has 0 spiro atoms. The number of halogens is 1. The van der Waals surface area contributed by atoms with E-state index in [1.807, 2.05) is 29.2 Å². The van der Waals surface area contributed by atoms with Gasteiger partial charge in [0.05, 0.1) is 5.56 Å². The van der Waals surface area contributed by atoms with Crippen molar-refractivity contribution in [2.75, 3.05) is 39.3 Å². The number of hydrogen-bond donors (Lipinski definition) is 2. The van der Waals surface area contributed by atoms with E-state index in [0.29, 0.717) is 17.1 Å². The summed E-state index contributed by atoms with van der Waals surface area (Å²) < 4.78 is 0. The van der Waals surface area contributed by atoms with Crippen molar-refractivity contribution in [1.82, 2.24) is 20.1 Å². The summed E-state index contributed by atoms with van der Waals surface area (Å²) in [6, 6.07) is 9.50. The predicted octanol–water partition coefficient (Wildman–Crippen LogP) is 1.07. The van der Waals surface area contributed by atoms with Crippen molar-refractivity contribution >= 4 is 29.2 Å². The number of nitrogens with one attached hydrogen (secondary N) is 2. The summed E-state index contributed by atoms with van der Waals surface area (Å²) in [5.41, 5.74) is 0.988. The van der Waals surface area contributed by atoms with Gasteiger partial charge in [0.25, 0.3) is 5.91 Å². The second kappa shape index (κ2) is 7.56. The number of benzene rings is 1. The van der Waals surface area contributed by atoms with Crippen LogP contribution in [0.5, 0.6) is 0 Å². The molecule has 1 aromatic carbocycles. The summed E-state index contributed by atoms with van der Waals surface area (Å²) >= 11 is 0. The van der Waals surface area contributed by atoms with E-state index in [9.17, 15) is 9.59 Å². The van der Waals surface area contributed by atoms with Crippen LogP contribution in [-0.2, 0) is 0 Å². The molecule has 2 fully saturated rings. The largest absolute Gasteiger partial charge is 0.336 e. The summed E-state index contributed by atoms with van der Waals surface area (Å²) in [5.74, 6) is -0.0403. The molecule has 2 saturated heterocycles. The molecule has 1 amide bonds. The first-order valence-electron chi connectivity index (χ1n) is 8.58. The smallest absolute Gasteiger partial charge is 0.254 e. The number of para-hydroxylation sites is 1. The van der Waals surface area contributed by atoms with Crippen LogP contribution in [0.25, 0.3) is 10.9 Å². The lowest BCUT2D eigenvalue weighted by Crippen LogP contribution is -2.52. The number of carbonyl (C=O) groups excluding carboxylic acids is 1. The van der Waals surface area contributed by atoms with Gasteiger partial charge in [-0.15, -0.1) is 12.4 Å². The minimum Gasteiger partial charge on any atom is -0.336 e. The first kappa shape index (κ1) is 17.9. The van der Waals surface area contributed by atoms with Gasteiger partial charge < -0.3 is 15.2 Å². The van der Waals surface area contributed by atoms with Crippen molar-refractivity contribution < 1.29 is 4.79 Å². The Labute approximate surface area is 152 Å². The Morgan fingerprint density at radius 2 is 1.88 bits per heavy atom. The molecule has 2 aliphatic heterocycles. The number of H-pyrrole nitrogens is 1. The fourth-order valence-corrected chi connectivity index (χ4v) is 3.79. The molecule has 0 radical (unpaired) electrons. The summed E-state index contributed by atoms with van der Waals surface area (Å²) in [7, 11) is 0. The Hall–Kier alpha value is -1.89. The number of aromatic nitrogens is 1. The second-order valence-corrected chi connectivity index (χ2v) is 6.57. The number of hydrogen-bond acceptors (Lipinski definition) is 4. The quantitative estimate of drug-likeness (QED) is 0.838. The molecular weight excluding hydrogens is 340 g/mol. The Morgan fingerprint density at radius 1 is 1.12 bits per heavy atom. The lowest BCUT2D eigenvalue weighted by molar-refractivity contribution is 0.0585. The Balaban J connectivity index is 0.00000182. The van der Waals surface area contributed by atoms with E-state index >= 15 is 0 Å². The molecule has 6 nitrogen and oxygen atoms in total. The SMILES string of the molecule is Cl.O=C(c1cc(=O)[nH]c2ccccc12)N1CCN(C2CCNC2)CC1. The van der Waals surface area contributed by atoms with Gasteiger partial charge in [-0.05, 0) is 19.0 Å². The lowest BCUT2D eigenvalue weighted by Gasteiger charge is -2.37. The van der Waals surface area contributed by atoms with E-state index in [4.69, 9.17) is 0 Å². The summed E-state index contributed by atoms with van der Waals surface area (Å²) in [5, 5.41) is 4.21. The number of fused-ring (bicyclic) bond motifs is 1. The van der Waals surface area contributed by atoms with Crippen LogP contribution in [0.1, 0.15) is 16.8 Å². The van der Waals surface area contributed by atoms with Crippen LogP contribution in [0.4, 0.5) is 0 Å². The second-order valence-electron chi connectivity index (χ2n) is 6.57. The summed E-state index contributed by atoms with van der Waals surface area (Å²) in [4.78, 5) is 31.9. The molecule has 0 aliphatic carbocycles. The maximum absolute atomic E-state index is 12.9. The minimum atomic E-state index is -0.229. The molecule has 25 heavy (non-hydrogen) atoms. The molecule has 2 aliphatic rings. The number of amides is 1. The number of nitrogens with zero attached hydrogens (tertiary/aromatic N) is 2. The van der Waals surface area contributed by atoms with Crippen LogP contribution in [0.2, 0.25) is 0 Å². The summed E-state index contributed by atoms with van der Waals surface area (Å²) in [6.45, 7) is 5.38. The zero-order chi connectivity index (χ0) is 16.5. The highest BCUT2D eigenvalue weighted by atomic mass is 35.5. The van der Waals surface area contributed by atoms with Crippen LogP contribution in [0.15, 0.2) is 35.1 Å². The third-order valence-electron chi connectivity index (χ3n) is 5.13. The van der Waals surface area contributed by atoms with Crippen molar-refractivity contribution in [3.63, 3.8) is 0 Å². The molecule has 134 valence electrons. The minimum absolute atomic E-state index is 0. The van der Waals surface area contributed by atoms with Gasteiger partial charge in [-0.3, -0.25) is 14.5 Å². The summed E-state index contributed by atoms with van der Waals surface area (Å²) in [6.07, 6.45) is 1.19. The van der Waals surface area contributed by atoms with Crippen molar-refractivity contribution in [3.8, 4) is 0 Å². The van der Waals surface area contributed by atoms with Gasteiger partial charge in [0.15, 0.2) is 0 Å². The van der Waals surface area contributed by atoms with Gasteiger partial charge in [0.1, 0.15) is 0 Å². The maximum Gasteiger partial charge on any atom is 0.254 e. The van der Waals surface area contributed by atoms with Crippen LogP contribution in [-0.4, -0.2) is 66.0 Å². The molecule has 3 heterocycles. The van der Waals surface area contributed by atoms with Crippen molar-refractivity contribution in [1.29, 1.82) is 0 Å². The third kappa shape index (κ3) is 3.56. The van der Waals surface area contributed by atoms with Gasteiger partial charge in [-0.1, -0.05) is 18.2 Å². The van der Waals surface area contributed by atoms with E-state index < -0.39 is 0 Å². The number of aromatic amines is 1. The van der Waals surface area contributed by atoms with Gasteiger partial charge in [-0.2, -0.15) is 0 Å². The molecule has 7 heteroatoms. The molecule has 0 bridgehead atoms. The van der Waals surface area contributed by atoms with Crippen LogP contribution in [0, 0.1) is 0 Å². The van der Waals surface area contributed by atoms with Crippen molar-refractivity contribution in [3.05, 3.63) is 46.2 Å². The maximum atomic E-state index is 12.9. The first-order valence-corrected chi connectivity index (χ1v) is 8.58. The molecule has 2 N–H and O–H groups in total. The topological polar surface area (TPSA) is 68.4 Å². The normalized spacial score (nSPS) is 21.3. The fourth-order valence-electron chi connectivity index (χ4n) is 3.79. The van der Waals surface area contributed by atoms with Crippen LogP contribution in [0.3, 0.4) is 0 Å². The van der Waals surface area contributed by atoms with E-state index in [2.05, 4.69) is 15.2 Å². The monoisotopic (exact) mass is 362 g/mol. The standard InChI is InChI=1S/C18H22N4O2.ClH/c23-17-11-15(14-3-1-2-4-16(14)20-17)18(24)22-9-7-21(8-10-22)13-5-6-19-12-13;/h1-4,11,13,19H,5-10,12H2,(H,20,23);1H. The third-order valence-corrected chi connectivity index (χ3v) is 5.13. The van der Waals surface area contributed by atoms with Gasteiger partial charge in [-0.25, -0.2) is 0 Å². The highest BCUT2D eigenvalue weighted by Gasteiger charge is 2.28. The highest BCUT2D eigenvalue weighted by molar-refractivity contribution is 6.05. The van der Waals surface area contributed by atoms with Gasteiger partial charge in [0.2, 0.25) is 5.56 Å². The Kier molecular flexibility index (Phi) is 5.42. The highest BCUT2D eigenvalue weighted by Crippen LogP contribution is 2.18. The van der Waals surface area contributed by atoms with E-state index in [-0.39, 0.29) is 23.9 Å². The average molecular weight is 363 g/mol. The molecule has 2 aromatic rings. The van der Waals surface area contributed by atoms with Gasteiger partial charge >= 0.3 is 0 Å². The van der Waals surface area contributed by atoms with Crippen molar-refractivity contribution in [2.24, 2.45) is 0 Å². The van der Waals surface area contributed by atoms with E-state index in [0.717, 1.165) is 44.7 Å². The number of piperazine rings is 1. The van der Waals surface area contributed by atoms with E-state index in [1.165, 1.54) is 12.5 Å². The lowest BCUT2D eigenvalue weighted by atomic mass is 10.1. The van der Waals surface area contributed by atoms with E-state index in [1.54, 1.807) is 0 Å². The van der Waals surface area contributed by atoms with Crippen LogP contribution >= 0.6 is 12.4 Å². The first-order chi connectivity index (χ1) is 11.7. The number of pyridine rings is 1. The molecular formula is C18H23ClN4O2. The molecule has 4 rings (SSSR count). The molecule has 1 atom stereocenters. The number of carbonyl (C=O) groups is 1. The molecule has 1 unspecified atom stereocenters. The predicted molar refractivity (Wildman–Crippen MR) is 101 cm³/mol. The van der Waals surface area contributed by atoms with Crippen molar-refractivity contribution in [2.45, 2.75) is 12.5 Å². The van der Waals surface area contributed by atoms with Crippen LogP contribution < -0.4 is 10.9 Å². The van der Waals surface area contributed by atoms with Gasteiger partial charge in [0, 0.05) is 55.7 Å². The molecule has 1 aromatic heterocycles.